The molecular weight excluding hydrogens is 252 g/mol. The zero-order chi connectivity index (χ0) is 12.5. The molecule has 0 saturated carbocycles. The molecule has 0 heterocycles. The minimum Gasteiger partial charge on any atom is -1.00 e. The van der Waals surface area contributed by atoms with Gasteiger partial charge in [-0.1, -0.05) is 57.2 Å². The van der Waals surface area contributed by atoms with Crippen LogP contribution in [-0.2, 0) is 6.42 Å². The van der Waals surface area contributed by atoms with E-state index in [2.05, 4.69) is 6.92 Å². The number of benzene rings is 1. The first-order valence-electron chi connectivity index (χ1n) is 6.57. The fourth-order valence-corrected chi connectivity index (χ4v) is 2.04. The SMILES string of the molecule is CCCCCCCCc1ccccc1C(=O)O.[Ca+2].[H-].[H-]. The van der Waals surface area contributed by atoms with Crippen LogP contribution in [0.15, 0.2) is 24.3 Å². The van der Waals surface area contributed by atoms with E-state index in [1.807, 2.05) is 12.1 Å². The second-order valence-corrected chi connectivity index (χ2v) is 4.48. The molecule has 2 nitrogen and oxygen atoms in total. The number of unbranched alkanes of at least 4 members (excludes halogenated alkanes) is 5. The van der Waals surface area contributed by atoms with Gasteiger partial charge in [0.25, 0.3) is 0 Å². The Morgan fingerprint density at radius 3 is 2.39 bits per heavy atom. The number of carboxylic acids is 1. The maximum absolute atomic E-state index is 11.0. The van der Waals surface area contributed by atoms with Crippen LogP contribution in [0.1, 0.15) is 64.2 Å². The Kier molecular flexibility index (Phi) is 10.8. The van der Waals surface area contributed by atoms with Crippen LogP contribution in [0.25, 0.3) is 0 Å². The molecule has 0 fully saturated rings. The van der Waals surface area contributed by atoms with Crippen LogP contribution >= 0.6 is 0 Å². The van der Waals surface area contributed by atoms with Crippen molar-refractivity contribution in [1.29, 1.82) is 0 Å². The molecule has 0 aliphatic carbocycles. The van der Waals surface area contributed by atoms with Gasteiger partial charge in [0, 0.05) is 0 Å². The summed E-state index contributed by atoms with van der Waals surface area (Å²) < 4.78 is 0. The maximum atomic E-state index is 11.0. The molecule has 98 valence electrons. The monoisotopic (exact) mass is 276 g/mol. The molecule has 0 spiro atoms. The predicted octanol–water partition coefficient (Wildman–Crippen LogP) is 4.13. The predicted molar refractivity (Wildman–Crippen MR) is 78.5 cm³/mol. The molecule has 0 amide bonds. The number of aromatic carboxylic acids is 1. The molecule has 0 aliphatic rings. The van der Waals surface area contributed by atoms with E-state index in [0.29, 0.717) is 5.56 Å². The van der Waals surface area contributed by atoms with E-state index in [1.54, 1.807) is 12.1 Å². The van der Waals surface area contributed by atoms with Crippen LogP contribution < -0.4 is 0 Å². The number of aryl methyl sites for hydroxylation is 1. The third kappa shape index (κ3) is 6.77. The second-order valence-electron chi connectivity index (χ2n) is 4.48. The van der Waals surface area contributed by atoms with Crippen LogP contribution in [0.3, 0.4) is 0 Å². The fraction of sp³-hybridized carbons (Fsp3) is 0.533. The van der Waals surface area contributed by atoms with Gasteiger partial charge in [0.15, 0.2) is 0 Å². The average molecular weight is 276 g/mol. The normalized spacial score (nSPS) is 9.83. The molecule has 0 aliphatic heterocycles. The Morgan fingerprint density at radius 1 is 1.11 bits per heavy atom. The third-order valence-corrected chi connectivity index (χ3v) is 3.05. The van der Waals surface area contributed by atoms with Crippen molar-refractivity contribution in [3.8, 4) is 0 Å². The molecule has 3 heteroatoms. The second kappa shape index (κ2) is 10.8. The molecular formula is C15H24CaO2. The molecule has 1 aromatic rings. The van der Waals surface area contributed by atoms with E-state index < -0.39 is 5.97 Å². The third-order valence-electron chi connectivity index (χ3n) is 3.05. The van der Waals surface area contributed by atoms with Crippen molar-refractivity contribution in [1.82, 2.24) is 0 Å². The van der Waals surface area contributed by atoms with Gasteiger partial charge in [-0.2, -0.15) is 0 Å². The van der Waals surface area contributed by atoms with Crippen molar-refractivity contribution in [2.75, 3.05) is 0 Å². The quantitative estimate of drug-likeness (QED) is 0.572. The Balaban J connectivity index is -0.000000963. The summed E-state index contributed by atoms with van der Waals surface area (Å²) in [6.45, 7) is 2.21. The fourth-order valence-electron chi connectivity index (χ4n) is 2.04. The summed E-state index contributed by atoms with van der Waals surface area (Å²) in [5.74, 6) is -0.813. The van der Waals surface area contributed by atoms with Crippen LogP contribution in [0.4, 0.5) is 0 Å². The van der Waals surface area contributed by atoms with E-state index in [4.69, 9.17) is 5.11 Å². The summed E-state index contributed by atoms with van der Waals surface area (Å²) in [6.07, 6.45) is 8.32. The van der Waals surface area contributed by atoms with Crippen LogP contribution in [0.5, 0.6) is 0 Å². The van der Waals surface area contributed by atoms with E-state index >= 15 is 0 Å². The summed E-state index contributed by atoms with van der Waals surface area (Å²) in [5, 5.41) is 9.04. The van der Waals surface area contributed by atoms with Crippen molar-refractivity contribution < 1.29 is 12.8 Å². The standard InChI is InChI=1S/C15H22O2.Ca.2H/c1-2-3-4-5-6-7-10-13-11-8-9-12-14(13)15(16)17;;;/h8-9,11-12H,2-7,10H2,1H3,(H,16,17);;;/q;+2;2*-1. The molecule has 1 aromatic carbocycles. The van der Waals surface area contributed by atoms with Crippen molar-refractivity contribution in [3.05, 3.63) is 35.4 Å². The molecule has 18 heavy (non-hydrogen) atoms. The van der Waals surface area contributed by atoms with Gasteiger partial charge in [-0.05, 0) is 24.5 Å². The van der Waals surface area contributed by atoms with Gasteiger partial charge in [-0.15, -0.1) is 0 Å². The summed E-state index contributed by atoms with van der Waals surface area (Å²) in [6, 6.07) is 7.32. The molecule has 0 aromatic heterocycles. The molecule has 0 unspecified atom stereocenters. The van der Waals surface area contributed by atoms with E-state index in [9.17, 15) is 4.79 Å². The number of carboxylic acid groups (broad SMARTS) is 1. The van der Waals surface area contributed by atoms with Crippen LogP contribution in [-0.4, -0.2) is 48.8 Å². The van der Waals surface area contributed by atoms with E-state index in [1.165, 1.54) is 32.1 Å². The molecule has 0 atom stereocenters. The number of hydrogen-bond acceptors (Lipinski definition) is 1. The number of rotatable bonds is 8. The van der Waals surface area contributed by atoms with Gasteiger partial charge >= 0.3 is 43.7 Å². The van der Waals surface area contributed by atoms with Gasteiger partial charge in [-0.3, -0.25) is 0 Å². The van der Waals surface area contributed by atoms with Crippen LogP contribution in [0.2, 0.25) is 0 Å². The average Bonchev–Trinajstić information content (AvgIpc) is 2.34. The van der Waals surface area contributed by atoms with Crippen molar-refractivity contribution in [2.24, 2.45) is 0 Å². The molecule has 0 radical (unpaired) electrons. The first-order valence-corrected chi connectivity index (χ1v) is 6.57. The van der Waals surface area contributed by atoms with Crippen molar-refractivity contribution >= 4 is 43.7 Å². The van der Waals surface area contributed by atoms with Crippen LogP contribution in [0, 0.1) is 0 Å². The Labute approximate surface area is 143 Å². The molecule has 1 rings (SSSR count). The first kappa shape index (κ1) is 17.9. The zero-order valence-electron chi connectivity index (χ0n) is 13.3. The number of hydrogen-bond donors (Lipinski definition) is 1. The Morgan fingerprint density at radius 2 is 1.72 bits per heavy atom. The topological polar surface area (TPSA) is 37.3 Å². The largest absolute Gasteiger partial charge is 2.00 e. The Bertz CT molecular complexity index is 359. The molecule has 0 bridgehead atoms. The zero-order valence-corrected chi connectivity index (χ0v) is 13.5. The molecule has 0 saturated heterocycles. The van der Waals surface area contributed by atoms with E-state index in [0.717, 1.165) is 18.4 Å². The summed E-state index contributed by atoms with van der Waals surface area (Å²) >= 11 is 0. The minimum absolute atomic E-state index is 0. The van der Waals surface area contributed by atoms with Gasteiger partial charge in [0.05, 0.1) is 5.56 Å². The first-order chi connectivity index (χ1) is 8.25. The summed E-state index contributed by atoms with van der Waals surface area (Å²) in [4.78, 5) is 11.0. The van der Waals surface area contributed by atoms with Gasteiger partial charge < -0.3 is 7.96 Å². The number of carbonyl (C=O) groups is 1. The van der Waals surface area contributed by atoms with Gasteiger partial charge in [0.2, 0.25) is 0 Å². The molecule has 1 N–H and O–H groups in total. The van der Waals surface area contributed by atoms with Crippen molar-refractivity contribution in [3.63, 3.8) is 0 Å². The van der Waals surface area contributed by atoms with Crippen molar-refractivity contribution in [2.45, 2.75) is 51.9 Å². The minimum atomic E-state index is -0.813. The smallest absolute Gasteiger partial charge is 1.00 e. The van der Waals surface area contributed by atoms with Gasteiger partial charge in [0.1, 0.15) is 0 Å². The maximum Gasteiger partial charge on any atom is 2.00 e. The summed E-state index contributed by atoms with van der Waals surface area (Å²) in [7, 11) is 0. The Hall–Kier alpha value is -0.0503. The van der Waals surface area contributed by atoms with E-state index in [-0.39, 0.29) is 40.6 Å². The van der Waals surface area contributed by atoms with Gasteiger partial charge in [-0.25, -0.2) is 4.79 Å². The summed E-state index contributed by atoms with van der Waals surface area (Å²) in [5.41, 5.74) is 1.43.